The maximum absolute atomic E-state index is 6.03. The normalized spacial score (nSPS) is 14.3. The Balaban J connectivity index is 1.43. The van der Waals surface area contributed by atoms with Crippen LogP contribution in [0, 0.1) is 0 Å². The Hall–Kier alpha value is -2.93. The predicted molar refractivity (Wildman–Crippen MR) is 103 cm³/mol. The van der Waals surface area contributed by atoms with E-state index in [1.54, 1.807) is 18.7 Å². The minimum absolute atomic E-state index is 0.684. The lowest BCUT2D eigenvalue weighted by Gasteiger charge is -2.35. The van der Waals surface area contributed by atoms with Crippen molar-refractivity contribution in [1.29, 1.82) is 0 Å². The van der Waals surface area contributed by atoms with Gasteiger partial charge in [0.05, 0.1) is 0 Å². The van der Waals surface area contributed by atoms with Crippen LogP contribution in [0.15, 0.2) is 55.1 Å². The van der Waals surface area contributed by atoms with E-state index in [0.717, 1.165) is 49.5 Å². The largest absolute Gasteiger partial charge is 0.353 e. The molecule has 0 saturated carbocycles. The molecule has 0 amide bonds. The molecule has 0 radical (unpaired) electrons. The molecule has 0 bridgehead atoms. The van der Waals surface area contributed by atoms with Gasteiger partial charge < -0.3 is 15.1 Å². The highest BCUT2D eigenvalue weighted by Gasteiger charge is 2.20. The molecule has 1 fully saturated rings. The fraction of sp³-hybridized carbons (Fsp3) is 0.222. The van der Waals surface area contributed by atoms with Gasteiger partial charge in [0, 0.05) is 55.3 Å². The van der Waals surface area contributed by atoms with Crippen molar-refractivity contribution in [3.63, 3.8) is 0 Å². The van der Waals surface area contributed by atoms with Gasteiger partial charge in [-0.15, -0.1) is 0 Å². The van der Waals surface area contributed by atoms with Crippen LogP contribution in [0.3, 0.4) is 0 Å². The molecule has 8 heteroatoms. The molecular formula is C18H18ClN7. The van der Waals surface area contributed by atoms with Gasteiger partial charge in [-0.1, -0.05) is 17.7 Å². The molecule has 0 unspecified atom stereocenters. The number of nitrogens with one attached hydrogen (secondary N) is 1. The number of anilines is 4. The van der Waals surface area contributed by atoms with Crippen LogP contribution >= 0.6 is 11.6 Å². The second-order valence-corrected chi connectivity index (χ2v) is 6.36. The molecule has 1 N–H and O–H groups in total. The Morgan fingerprint density at radius 2 is 1.62 bits per heavy atom. The zero-order valence-corrected chi connectivity index (χ0v) is 14.8. The summed E-state index contributed by atoms with van der Waals surface area (Å²) in [5.41, 5.74) is 0.896. The molecule has 1 aromatic carbocycles. The van der Waals surface area contributed by atoms with Gasteiger partial charge in [-0.2, -0.15) is 0 Å². The Kier molecular flexibility index (Phi) is 4.79. The highest BCUT2D eigenvalue weighted by molar-refractivity contribution is 6.30. The molecule has 1 aliphatic rings. The number of halogens is 1. The third-order valence-electron chi connectivity index (χ3n) is 4.19. The third kappa shape index (κ3) is 3.83. The molecular weight excluding hydrogens is 350 g/mol. The number of rotatable bonds is 4. The average Bonchev–Trinajstić information content (AvgIpc) is 2.69. The van der Waals surface area contributed by atoms with Crippen molar-refractivity contribution in [2.45, 2.75) is 0 Å². The lowest BCUT2D eigenvalue weighted by atomic mass is 10.3. The zero-order chi connectivity index (χ0) is 17.8. The topological polar surface area (TPSA) is 70.1 Å². The molecule has 132 valence electrons. The summed E-state index contributed by atoms with van der Waals surface area (Å²) in [4.78, 5) is 21.8. The number of aromatic nitrogens is 4. The maximum atomic E-state index is 6.03. The van der Waals surface area contributed by atoms with Crippen LogP contribution in [0.1, 0.15) is 0 Å². The van der Waals surface area contributed by atoms with Gasteiger partial charge in [0.15, 0.2) is 0 Å². The summed E-state index contributed by atoms with van der Waals surface area (Å²) in [6.45, 7) is 3.41. The van der Waals surface area contributed by atoms with Crippen LogP contribution < -0.4 is 15.1 Å². The summed E-state index contributed by atoms with van der Waals surface area (Å²) in [6, 6.07) is 11.3. The van der Waals surface area contributed by atoms with E-state index >= 15 is 0 Å². The van der Waals surface area contributed by atoms with E-state index in [2.05, 4.69) is 35.1 Å². The SMILES string of the molecule is Clc1cccc(Nc2cc(N3CCN(c4ncccn4)CC3)ncn2)c1. The molecule has 4 rings (SSSR count). The fourth-order valence-electron chi connectivity index (χ4n) is 2.89. The van der Waals surface area contributed by atoms with Crippen LogP contribution in [0.25, 0.3) is 0 Å². The van der Waals surface area contributed by atoms with Crippen molar-refractivity contribution in [3.8, 4) is 0 Å². The molecule has 1 saturated heterocycles. The molecule has 2 aromatic heterocycles. The minimum atomic E-state index is 0.684. The fourth-order valence-corrected chi connectivity index (χ4v) is 3.08. The Bertz CT molecular complexity index is 866. The first-order chi connectivity index (χ1) is 12.8. The van der Waals surface area contributed by atoms with Crippen molar-refractivity contribution in [3.05, 3.63) is 60.1 Å². The van der Waals surface area contributed by atoms with Gasteiger partial charge in [-0.05, 0) is 24.3 Å². The molecule has 3 heterocycles. The summed E-state index contributed by atoms with van der Waals surface area (Å²) in [6.07, 6.45) is 5.12. The van der Waals surface area contributed by atoms with Gasteiger partial charge in [-0.25, -0.2) is 19.9 Å². The second kappa shape index (κ2) is 7.53. The monoisotopic (exact) mass is 367 g/mol. The van der Waals surface area contributed by atoms with E-state index in [1.165, 1.54) is 0 Å². The standard InChI is InChI=1S/C18H18ClN7/c19-14-3-1-4-15(11-14)24-16-12-17(23-13-22-16)25-7-9-26(10-8-25)18-20-5-2-6-21-18/h1-6,11-13H,7-10H2,(H,22,23,24). The molecule has 0 atom stereocenters. The van der Waals surface area contributed by atoms with Crippen LogP contribution in [-0.2, 0) is 0 Å². The highest BCUT2D eigenvalue weighted by Crippen LogP contribution is 2.22. The van der Waals surface area contributed by atoms with Crippen molar-refractivity contribution in [2.24, 2.45) is 0 Å². The maximum Gasteiger partial charge on any atom is 0.225 e. The van der Waals surface area contributed by atoms with Gasteiger partial charge in [0.25, 0.3) is 0 Å². The molecule has 26 heavy (non-hydrogen) atoms. The highest BCUT2D eigenvalue weighted by atomic mass is 35.5. The summed E-state index contributed by atoms with van der Waals surface area (Å²) in [5.74, 6) is 2.42. The van der Waals surface area contributed by atoms with E-state index in [9.17, 15) is 0 Å². The molecule has 0 spiro atoms. The van der Waals surface area contributed by atoms with Gasteiger partial charge in [-0.3, -0.25) is 0 Å². The Morgan fingerprint density at radius 1 is 0.846 bits per heavy atom. The van der Waals surface area contributed by atoms with Crippen molar-refractivity contribution >= 4 is 34.9 Å². The molecule has 7 nitrogen and oxygen atoms in total. The minimum Gasteiger partial charge on any atom is -0.353 e. The average molecular weight is 368 g/mol. The quantitative estimate of drug-likeness (QED) is 0.760. The molecule has 3 aromatic rings. The van der Waals surface area contributed by atoms with E-state index in [0.29, 0.717) is 5.02 Å². The number of piperazine rings is 1. The van der Waals surface area contributed by atoms with E-state index in [-0.39, 0.29) is 0 Å². The molecule has 1 aliphatic heterocycles. The Morgan fingerprint density at radius 3 is 2.38 bits per heavy atom. The lowest BCUT2D eigenvalue weighted by molar-refractivity contribution is 0.634. The van der Waals surface area contributed by atoms with Gasteiger partial charge in [0.1, 0.15) is 18.0 Å². The number of benzene rings is 1. The van der Waals surface area contributed by atoms with Gasteiger partial charge >= 0.3 is 0 Å². The van der Waals surface area contributed by atoms with Crippen molar-refractivity contribution < 1.29 is 0 Å². The van der Waals surface area contributed by atoms with E-state index < -0.39 is 0 Å². The van der Waals surface area contributed by atoms with E-state index in [1.807, 2.05) is 36.4 Å². The zero-order valence-electron chi connectivity index (χ0n) is 14.1. The van der Waals surface area contributed by atoms with E-state index in [4.69, 9.17) is 11.6 Å². The number of nitrogens with zero attached hydrogens (tertiary/aromatic N) is 6. The smallest absolute Gasteiger partial charge is 0.225 e. The first kappa shape index (κ1) is 16.5. The first-order valence-corrected chi connectivity index (χ1v) is 8.77. The second-order valence-electron chi connectivity index (χ2n) is 5.92. The van der Waals surface area contributed by atoms with Crippen LogP contribution in [0.5, 0.6) is 0 Å². The van der Waals surface area contributed by atoms with Crippen molar-refractivity contribution in [2.75, 3.05) is 41.3 Å². The van der Waals surface area contributed by atoms with Gasteiger partial charge in [0.2, 0.25) is 5.95 Å². The third-order valence-corrected chi connectivity index (χ3v) is 4.42. The first-order valence-electron chi connectivity index (χ1n) is 8.39. The lowest BCUT2D eigenvalue weighted by Crippen LogP contribution is -2.47. The van der Waals surface area contributed by atoms with Crippen LogP contribution in [-0.4, -0.2) is 46.1 Å². The summed E-state index contributed by atoms with van der Waals surface area (Å²) in [7, 11) is 0. The summed E-state index contributed by atoms with van der Waals surface area (Å²) >= 11 is 6.03. The predicted octanol–water partition coefficient (Wildman–Crippen LogP) is 2.99. The van der Waals surface area contributed by atoms with Crippen molar-refractivity contribution in [1.82, 2.24) is 19.9 Å². The number of hydrogen-bond donors (Lipinski definition) is 1. The summed E-state index contributed by atoms with van der Waals surface area (Å²) in [5, 5.41) is 3.95. The summed E-state index contributed by atoms with van der Waals surface area (Å²) < 4.78 is 0. The van der Waals surface area contributed by atoms with Crippen LogP contribution in [0.4, 0.5) is 23.3 Å². The molecule has 0 aliphatic carbocycles. The number of hydrogen-bond acceptors (Lipinski definition) is 7. The van der Waals surface area contributed by atoms with Crippen LogP contribution in [0.2, 0.25) is 5.02 Å². The Labute approximate surface area is 156 Å².